The molecule has 2 saturated heterocycles. The largest absolute Gasteiger partial charge is 0.507 e. The van der Waals surface area contributed by atoms with E-state index in [0.29, 0.717) is 16.8 Å². The number of nitrogens with zero attached hydrogens (tertiary/aromatic N) is 3. The highest BCUT2D eigenvalue weighted by Crippen LogP contribution is 2.64. The lowest BCUT2D eigenvalue weighted by Crippen LogP contribution is -2.49. The number of allylic oxidation sites excluding steroid dienone is 2. The topological polar surface area (TPSA) is 138 Å². The summed E-state index contributed by atoms with van der Waals surface area (Å²) < 4.78 is 0. The number of benzene rings is 3. The fourth-order valence-corrected chi connectivity index (χ4v) is 8.08. The molecule has 0 unspecified atom stereocenters. The number of rotatable bonds is 4. The van der Waals surface area contributed by atoms with E-state index >= 15 is 0 Å². The highest BCUT2D eigenvalue weighted by Gasteiger charge is 2.68. The molecule has 3 aromatic rings. The summed E-state index contributed by atoms with van der Waals surface area (Å²) in [6, 6.07) is 19.4. The van der Waals surface area contributed by atoms with Crippen LogP contribution in [0.5, 0.6) is 5.75 Å². The lowest BCUT2D eigenvalue weighted by molar-refractivity contribution is -0.384. The Morgan fingerprint density at radius 1 is 0.841 bits per heavy atom. The molecule has 2 aliphatic carbocycles. The van der Waals surface area contributed by atoms with Crippen LogP contribution < -0.4 is 9.80 Å². The van der Waals surface area contributed by atoms with Gasteiger partial charge in [0, 0.05) is 23.6 Å². The van der Waals surface area contributed by atoms with Gasteiger partial charge in [-0.1, -0.05) is 48.0 Å². The van der Waals surface area contributed by atoms with Gasteiger partial charge in [-0.2, -0.15) is 0 Å². The number of amides is 4. The summed E-state index contributed by atoms with van der Waals surface area (Å²) in [5, 5.41) is 22.5. The second kappa shape index (κ2) is 9.70. The summed E-state index contributed by atoms with van der Waals surface area (Å²) in [6.07, 6.45) is 2.36. The maximum atomic E-state index is 14.4. The van der Waals surface area contributed by atoms with Crippen molar-refractivity contribution in [3.05, 3.63) is 106 Å². The van der Waals surface area contributed by atoms with Crippen LogP contribution in [-0.4, -0.2) is 33.7 Å². The number of hydrogen-bond acceptors (Lipinski definition) is 7. The minimum atomic E-state index is -1.25. The Kier molecular flexibility index (Phi) is 6.11. The summed E-state index contributed by atoms with van der Waals surface area (Å²) >= 11 is 0. The van der Waals surface area contributed by atoms with Crippen molar-refractivity contribution < 1.29 is 29.2 Å². The molecular formula is C34H29N3O7. The molecule has 2 aliphatic heterocycles. The summed E-state index contributed by atoms with van der Waals surface area (Å²) in [6.45, 7) is 3.55. The molecule has 3 aromatic carbocycles. The molecule has 0 aromatic heterocycles. The number of carbonyl (C=O) groups excluding carboxylic acids is 4. The lowest BCUT2D eigenvalue weighted by atomic mass is 9.51. The van der Waals surface area contributed by atoms with Gasteiger partial charge in [-0.05, 0) is 62.4 Å². The first kappa shape index (κ1) is 27.7. The van der Waals surface area contributed by atoms with Crippen molar-refractivity contribution >= 4 is 40.7 Å². The molecule has 0 bridgehead atoms. The lowest BCUT2D eigenvalue weighted by Gasteiger charge is -2.49. The van der Waals surface area contributed by atoms with E-state index in [1.54, 1.807) is 62.4 Å². The number of anilines is 2. The number of carbonyl (C=O) groups is 4. The highest BCUT2D eigenvalue weighted by molar-refractivity contribution is 6.25. The summed E-state index contributed by atoms with van der Waals surface area (Å²) in [5.74, 6) is -5.07. The number of aromatic hydroxyl groups is 1. The van der Waals surface area contributed by atoms with Crippen LogP contribution in [0.4, 0.5) is 17.1 Å². The van der Waals surface area contributed by atoms with Gasteiger partial charge in [0.1, 0.15) is 5.75 Å². The van der Waals surface area contributed by atoms with Crippen molar-refractivity contribution in [1.29, 1.82) is 0 Å². The molecule has 0 spiro atoms. The van der Waals surface area contributed by atoms with E-state index < -0.39 is 51.7 Å². The van der Waals surface area contributed by atoms with Gasteiger partial charge in [0.15, 0.2) is 0 Å². The van der Waals surface area contributed by atoms with Crippen LogP contribution in [0.25, 0.3) is 0 Å². The molecule has 4 aliphatic rings. The van der Waals surface area contributed by atoms with E-state index in [1.165, 1.54) is 29.2 Å². The van der Waals surface area contributed by atoms with E-state index in [-0.39, 0.29) is 41.8 Å². The first-order valence-corrected chi connectivity index (χ1v) is 14.6. The number of hydrogen-bond donors (Lipinski definition) is 1. The molecule has 0 radical (unpaired) electrons. The van der Waals surface area contributed by atoms with Crippen molar-refractivity contribution in [2.75, 3.05) is 9.80 Å². The normalized spacial score (nSPS) is 29.3. The molecule has 1 N–H and O–H groups in total. The molecule has 6 atom stereocenters. The molecule has 10 nitrogen and oxygen atoms in total. The van der Waals surface area contributed by atoms with E-state index in [1.807, 2.05) is 6.08 Å². The standard InChI is InChI=1S/C34H29N3O7/c1-18-7-6-10-24(29(18)38)28-22-15-16-23-27(32(41)35(30(23)39)20-11-13-21(14-12-20)37(43)44)25(22)17-26-31(40)36(33(42)34(26,28)2)19-8-4-3-5-9-19/h3-15,23,25-28,38H,16-17H2,1-2H3/t23-,25+,26-,27-,28+,34+/m0/s1. The molecule has 10 heteroatoms. The second-order valence-electron chi connectivity index (χ2n) is 12.3. The third-order valence-electron chi connectivity index (χ3n) is 10.2. The predicted octanol–water partition coefficient (Wildman–Crippen LogP) is 5.04. The van der Waals surface area contributed by atoms with Crippen molar-refractivity contribution in [1.82, 2.24) is 0 Å². The SMILES string of the molecule is Cc1cccc([C@H]2C3=CC[C@@H]4C(=O)N(c5ccc([N+](=O)[O-])cc5)C(=O)[C@@H]4[C@@H]3C[C@H]3C(=O)N(c4ccccc4)C(=O)[C@@]23C)c1O. The smallest absolute Gasteiger partial charge is 0.269 e. The summed E-state index contributed by atoms with van der Waals surface area (Å²) in [5.41, 5.74) is 1.19. The molecular weight excluding hydrogens is 562 g/mol. The van der Waals surface area contributed by atoms with E-state index in [9.17, 15) is 34.4 Å². The van der Waals surface area contributed by atoms with Crippen LogP contribution in [-0.2, 0) is 19.2 Å². The molecule has 3 fully saturated rings. The van der Waals surface area contributed by atoms with Gasteiger partial charge in [-0.15, -0.1) is 0 Å². The Labute approximate surface area is 252 Å². The number of nitro groups is 1. The monoisotopic (exact) mass is 591 g/mol. The Balaban J connectivity index is 1.36. The maximum Gasteiger partial charge on any atom is 0.269 e. The second-order valence-corrected chi connectivity index (χ2v) is 12.3. The molecule has 44 heavy (non-hydrogen) atoms. The number of non-ortho nitro benzene ring substituents is 1. The number of para-hydroxylation sites is 2. The number of nitro benzene ring substituents is 1. The quantitative estimate of drug-likeness (QED) is 0.194. The van der Waals surface area contributed by atoms with E-state index in [2.05, 4.69) is 0 Å². The zero-order chi connectivity index (χ0) is 31.1. The van der Waals surface area contributed by atoms with Gasteiger partial charge < -0.3 is 5.11 Å². The zero-order valence-electron chi connectivity index (χ0n) is 24.0. The van der Waals surface area contributed by atoms with Crippen LogP contribution in [0.3, 0.4) is 0 Å². The number of fused-ring (bicyclic) bond motifs is 4. The minimum absolute atomic E-state index is 0.0286. The zero-order valence-corrected chi connectivity index (χ0v) is 24.0. The first-order valence-electron chi connectivity index (χ1n) is 14.6. The van der Waals surface area contributed by atoms with Crippen LogP contribution in [0, 0.1) is 46.1 Å². The maximum absolute atomic E-state index is 14.4. The predicted molar refractivity (Wildman–Crippen MR) is 159 cm³/mol. The first-order chi connectivity index (χ1) is 21.1. The fourth-order valence-electron chi connectivity index (χ4n) is 8.08. The van der Waals surface area contributed by atoms with Crippen LogP contribution in [0.2, 0.25) is 0 Å². The average molecular weight is 592 g/mol. The molecule has 4 amide bonds. The minimum Gasteiger partial charge on any atom is -0.507 e. The molecule has 2 heterocycles. The number of imide groups is 2. The van der Waals surface area contributed by atoms with Gasteiger partial charge in [0.05, 0.1) is 39.5 Å². The fraction of sp³-hybridized carbons (Fsp3) is 0.294. The third kappa shape index (κ3) is 3.66. The van der Waals surface area contributed by atoms with E-state index in [4.69, 9.17) is 0 Å². The van der Waals surface area contributed by atoms with Crippen molar-refractivity contribution in [2.24, 2.45) is 29.1 Å². The Morgan fingerprint density at radius 2 is 1.52 bits per heavy atom. The highest BCUT2D eigenvalue weighted by atomic mass is 16.6. The van der Waals surface area contributed by atoms with Crippen LogP contribution >= 0.6 is 0 Å². The molecule has 7 rings (SSSR count). The molecule has 1 saturated carbocycles. The number of aryl methyl sites for hydroxylation is 1. The van der Waals surface area contributed by atoms with Gasteiger partial charge in [-0.3, -0.25) is 34.2 Å². The van der Waals surface area contributed by atoms with Crippen molar-refractivity contribution in [2.45, 2.75) is 32.6 Å². The van der Waals surface area contributed by atoms with Crippen LogP contribution in [0.15, 0.2) is 84.4 Å². The van der Waals surface area contributed by atoms with Gasteiger partial charge in [0.2, 0.25) is 23.6 Å². The Hall–Kier alpha value is -5.12. The Morgan fingerprint density at radius 3 is 2.20 bits per heavy atom. The Bertz CT molecular complexity index is 1800. The van der Waals surface area contributed by atoms with E-state index in [0.717, 1.165) is 10.5 Å². The molecule has 222 valence electrons. The number of phenols is 1. The third-order valence-corrected chi connectivity index (χ3v) is 10.2. The van der Waals surface area contributed by atoms with Crippen LogP contribution in [0.1, 0.15) is 36.8 Å². The summed E-state index contributed by atoms with van der Waals surface area (Å²) in [4.78, 5) is 69.4. The number of phenolic OH excluding ortho intramolecular Hbond substituents is 1. The van der Waals surface area contributed by atoms with Crippen molar-refractivity contribution in [3.8, 4) is 5.75 Å². The van der Waals surface area contributed by atoms with Crippen molar-refractivity contribution in [3.63, 3.8) is 0 Å². The average Bonchev–Trinajstić information content (AvgIpc) is 3.38. The van der Waals surface area contributed by atoms with Gasteiger partial charge >= 0.3 is 0 Å². The van der Waals surface area contributed by atoms with Gasteiger partial charge in [0.25, 0.3) is 5.69 Å². The van der Waals surface area contributed by atoms with Gasteiger partial charge in [-0.25, -0.2) is 4.90 Å². The summed E-state index contributed by atoms with van der Waals surface area (Å²) in [7, 11) is 0.